The van der Waals surface area contributed by atoms with E-state index in [4.69, 9.17) is 11.6 Å². The van der Waals surface area contributed by atoms with E-state index < -0.39 is 21.4 Å². The maximum Gasteiger partial charge on any atom is 0.296 e. The fraction of sp³-hybridized carbons (Fsp3) is 0.226. The number of sulfonamides is 1. The number of anilines is 1. The summed E-state index contributed by atoms with van der Waals surface area (Å²) in [5.74, 6) is -0.840. The lowest BCUT2D eigenvalue weighted by Crippen LogP contribution is -2.36. The average Bonchev–Trinajstić information content (AvgIpc) is 3.39. The number of hydrogen-bond acceptors (Lipinski definition) is 4. The van der Waals surface area contributed by atoms with E-state index in [0.717, 1.165) is 11.3 Å². The summed E-state index contributed by atoms with van der Waals surface area (Å²) in [5.41, 5.74) is 3.42. The van der Waals surface area contributed by atoms with Gasteiger partial charge in [0.2, 0.25) is 0 Å². The first kappa shape index (κ1) is 28.8. The molecule has 3 aromatic carbocycles. The Labute approximate surface area is 252 Å². The maximum atomic E-state index is 14.9. The molecule has 0 spiro atoms. The van der Waals surface area contributed by atoms with E-state index in [0.29, 0.717) is 40.8 Å². The number of hydrogen-bond donors (Lipinski definition) is 1. The summed E-state index contributed by atoms with van der Waals surface area (Å²) in [4.78, 5) is 28.6. The Kier molecular flexibility index (Phi) is 6.97. The van der Waals surface area contributed by atoms with E-state index in [9.17, 15) is 22.4 Å². The predicted octanol–water partition coefficient (Wildman–Crippen LogP) is 5.08. The molecule has 12 heteroatoms. The average molecular weight is 622 g/mol. The summed E-state index contributed by atoms with van der Waals surface area (Å²) in [6, 6.07) is 16.5. The third-order valence-corrected chi connectivity index (χ3v) is 9.92. The van der Waals surface area contributed by atoms with Crippen molar-refractivity contribution >= 4 is 44.1 Å². The van der Waals surface area contributed by atoms with Crippen LogP contribution in [0, 0.1) is 19.7 Å². The minimum Gasteiger partial charge on any atom is -0.345 e. The molecule has 0 aliphatic carbocycles. The van der Waals surface area contributed by atoms with E-state index in [1.807, 2.05) is 6.07 Å². The number of nitrogens with zero attached hydrogens (tertiary/aromatic N) is 4. The minimum atomic E-state index is -4.24. The zero-order chi connectivity index (χ0) is 30.8. The van der Waals surface area contributed by atoms with Crippen molar-refractivity contribution in [3.63, 3.8) is 0 Å². The number of para-hydroxylation sites is 1. The van der Waals surface area contributed by atoms with Crippen LogP contribution in [-0.2, 0) is 37.1 Å². The van der Waals surface area contributed by atoms with Crippen LogP contribution in [0.25, 0.3) is 16.6 Å². The number of fused-ring (bicyclic) bond motifs is 3. The van der Waals surface area contributed by atoms with Crippen molar-refractivity contribution in [1.29, 1.82) is 0 Å². The molecule has 0 fully saturated rings. The standard InChI is InChI=1S/C31H29ClFN5O4S/c1-18-10-11-21(43(41,42)34-28-19(2)36(4)38(31(28)40)20-8-6-5-7-9-20)16-23(18)30(39)37-15-14-26-24(17-37)22-12-13-25(32)27(33)29(22)35(26)3/h5-13,16,34H,14-15,17H2,1-4H3. The van der Waals surface area contributed by atoms with Gasteiger partial charge in [-0.25, -0.2) is 17.5 Å². The Hall–Kier alpha value is -4.35. The van der Waals surface area contributed by atoms with E-state index >= 15 is 0 Å². The van der Waals surface area contributed by atoms with Gasteiger partial charge in [0.05, 0.1) is 26.8 Å². The molecule has 2 aromatic heterocycles. The van der Waals surface area contributed by atoms with Crippen molar-refractivity contribution in [1.82, 2.24) is 18.8 Å². The highest BCUT2D eigenvalue weighted by Gasteiger charge is 2.30. The molecule has 5 aromatic rings. The molecule has 0 saturated heterocycles. The molecule has 3 heterocycles. The summed E-state index contributed by atoms with van der Waals surface area (Å²) >= 11 is 6.03. The number of aryl methyl sites for hydroxylation is 2. The second-order valence-corrected chi connectivity index (χ2v) is 12.8. The lowest BCUT2D eigenvalue weighted by molar-refractivity contribution is 0.0733. The van der Waals surface area contributed by atoms with Crippen LogP contribution in [0.1, 0.15) is 32.9 Å². The van der Waals surface area contributed by atoms with Gasteiger partial charge in [-0.15, -0.1) is 0 Å². The van der Waals surface area contributed by atoms with E-state index in [1.165, 1.54) is 22.9 Å². The summed E-state index contributed by atoms with van der Waals surface area (Å²) in [5, 5.41) is 0.721. The molecule has 0 atom stereocenters. The Morgan fingerprint density at radius 1 is 1.02 bits per heavy atom. The van der Waals surface area contributed by atoms with Gasteiger partial charge in [-0.2, -0.15) is 0 Å². The van der Waals surface area contributed by atoms with Gasteiger partial charge in [0, 0.05) is 55.8 Å². The van der Waals surface area contributed by atoms with E-state index in [-0.39, 0.29) is 33.6 Å². The van der Waals surface area contributed by atoms with Crippen molar-refractivity contribution in [2.24, 2.45) is 14.1 Å². The number of amides is 1. The Morgan fingerprint density at radius 2 is 1.74 bits per heavy atom. The van der Waals surface area contributed by atoms with Crippen molar-refractivity contribution in [3.8, 4) is 5.69 Å². The normalized spacial score (nSPS) is 13.4. The van der Waals surface area contributed by atoms with Gasteiger partial charge >= 0.3 is 0 Å². The molecule has 1 amide bonds. The van der Waals surface area contributed by atoms with Gasteiger partial charge < -0.3 is 9.47 Å². The van der Waals surface area contributed by atoms with Crippen molar-refractivity contribution in [2.45, 2.75) is 31.7 Å². The quantitative estimate of drug-likeness (QED) is 0.296. The first-order chi connectivity index (χ1) is 20.4. The van der Waals surface area contributed by atoms with Crippen molar-refractivity contribution in [2.75, 3.05) is 11.3 Å². The van der Waals surface area contributed by atoms with Crippen LogP contribution in [0.15, 0.2) is 70.4 Å². The number of carbonyl (C=O) groups excluding carboxylic acids is 1. The van der Waals surface area contributed by atoms with Gasteiger partial charge in [0.1, 0.15) is 5.69 Å². The number of halogens is 2. The molecule has 0 saturated carbocycles. The first-order valence-electron chi connectivity index (χ1n) is 13.6. The number of benzene rings is 3. The summed E-state index contributed by atoms with van der Waals surface area (Å²) in [6.07, 6.45) is 0.503. The molecular formula is C31H29ClFN5O4S. The monoisotopic (exact) mass is 621 g/mol. The third kappa shape index (κ3) is 4.63. The number of aromatic nitrogens is 3. The van der Waals surface area contributed by atoms with Gasteiger partial charge in [-0.3, -0.25) is 19.0 Å². The Balaban J connectivity index is 1.32. The second-order valence-electron chi connectivity index (χ2n) is 10.7. The van der Waals surface area contributed by atoms with Crippen LogP contribution in [0.5, 0.6) is 0 Å². The smallest absolute Gasteiger partial charge is 0.296 e. The molecule has 1 N–H and O–H groups in total. The molecule has 0 unspecified atom stereocenters. The predicted molar refractivity (Wildman–Crippen MR) is 164 cm³/mol. The van der Waals surface area contributed by atoms with E-state index in [1.54, 1.807) is 78.5 Å². The number of rotatable bonds is 5. The van der Waals surface area contributed by atoms with Crippen LogP contribution in [0.2, 0.25) is 5.02 Å². The Morgan fingerprint density at radius 3 is 2.47 bits per heavy atom. The van der Waals surface area contributed by atoms with Crippen LogP contribution in [0.3, 0.4) is 0 Å². The molecule has 1 aliphatic rings. The molecule has 1 aliphatic heterocycles. The molecule has 222 valence electrons. The minimum absolute atomic E-state index is 0.0327. The van der Waals surface area contributed by atoms with Crippen LogP contribution in [-0.4, -0.2) is 39.7 Å². The highest BCUT2D eigenvalue weighted by Crippen LogP contribution is 2.35. The summed E-state index contributed by atoms with van der Waals surface area (Å²) in [7, 11) is -0.777. The lowest BCUT2D eigenvalue weighted by Gasteiger charge is -2.28. The third-order valence-electron chi connectivity index (χ3n) is 8.28. The number of nitrogens with one attached hydrogen (secondary N) is 1. The van der Waals surface area contributed by atoms with Crippen LogP contribution >= 0.6 is 11.6 Å². The maximum absolute atomic E-state index is 14.9. The molecule has 0 bridgehead atoms. The highest BCUT2D eigenvalue weighted by molar-refractivity contribution is 7.92. The molecule has 9 nitrogen and oxygen atoms in total. The van der Waals surface area contributed by atoms with Crippen LogP contribution in [0.4, 0.5) is 10.1 Å². The zero-order valence-corrected chi connectivity index (χ0v) is 25.6. The molecular weight excluding hydrogens is 593 g/mol. The molecule has 6 rings (SSSR count). The van der Waals surface area contributed by atoms with Gasteiger partial charge in [0.25, 0.3) is 21.5 Å². The first-order valence-corrected chi connectivity index (χ1v) is 15.5. The van der Waals surface area contributed by atoms with E-state index in [2.05, 4.69) is 4.72 Å². The summed E-state index contributed by atoms with van der Waals surface area (Å²) < 4.78 is 49.2. The highest BCUT2D eigenvalue weighted by atomic mass is 35.5. The van der Waals surface area contributed by atoms with Crippen LogP contribution < -0.4 is 10.3 Å². The molecule has 43 heavy (non-hydrogen) atoms. The Bertz CT molecular complexity index is 2120. The summed E-state index contributed by atoms with van der Waals surface area (Å²) in [6.45, 7) is 4.01. The fourth-order valence-corrected chi connectivity index (χ4v) is 7.13. The molecule has 0 radical (unpaired) electrons. The lowest BCUT2D eigenvalue weighted by atomic mass is 10.0. The second kappa shape index (κ2) is 10.4. The van der Waals surface area contributed by atoms with Crippen molar-refractivity contribution in [3.05, 3.63) is 110 Å². The topological polar surface area (TPSA) is 98.3 Å². The van der Waals surface area contributed by atoms with Crippen molar-refractivity contribution < 1.29 is 17.6 Å². The fourth-order valence-electron chi connectivity index (χ4n) is 5.83. The van der Waals surface area contributed by atoms with Gasteiger partial charge in [-0.05, 0) is 49.7 Å². The largest absolute Gasteiger partial charge is 0.345 e. The van der Waals surface area contributed by atoms with Gasteiger partial charge in [0.15, 0.2) is 5.82 Å². The SMILES string of the molecule is Cc1ccc(S(=O)(=O)Nc2c(C)n(C)n(-c3ccccc3)c2=O)cc1C(=O)N1CCc2c(c3ccc(Cl)c(F)c3n2C)C1. The zero-order valence-electron chi connectivity index (χ0n) is 24.0. The van der Waals surface area contributed by atoms with Gasteiger partial charge in [-0.1, -0.05) is 41.9 Å². The number of carbonyl (C=O) groups is 1.